The first-order chi connectivity index (χ1) is 7.66. The fourth-order valence-corrected chi connectivity index (χ4v) is 2.39. The number of aromatic nitrogens is 1. The van der Waals surface area contributed by atoms with Crippen molar-refractivity contribution < 1.29 is 0 Å². The molecule has 84 valence electrons. The number of rotatable bonds is 3. The Bertz CT molecular complexity index is 501. The average Bonchev–Trinajstić information content (AvgIpc) is 2.66. The van der Waals surface area contributed by atoms with Crippen LogP contribution in [0.4, 0.5) is 11.4 Å². The van der Waals surface area contributed by atoms with Crippen molar-refractivity contribution >= 4 is 50.2 Å². The lowest BCUT2D eigenvalue weighted by Crippen LogP contribution is -2.00. The monoisotopic (exact) mass is 317 g/mol. The van der Waals surface area contributed by atoms with Crippen molar-refractivity contribution in [3.63, 3.8) is 0 Å². The largest absolute Gasteiger partial charge is 0.398 e. The van der Waals surface area contributed by atoms with E-state index in [1.807, 2.05) is 17.5 Å². The number of pyridine rings is 1. The van der Waals surface area contributed by atoms with Gasteiger partial charge < -0.3 is 11.1 Å². The molecule has 2 rings (SSSR count). The highest BCUT2D eigenvalue weighted by Gasteiger charge is 2.02. The summed E-state index contributed by atoms with van der Waals surface area (Å²) < 4.78 is 0.776. The molecule has 2 aromatic rings. The summed E-state index contributed by atoms with van der Waals surface area (Å²) in [6.45, 7) is 0.694. The Balaban J connectivity index is 2.05. The second kappa shape index (κ2) is 5.03. The molecule has 16 heavy (non-hydrogen) atoms. The van der Waals surface area contributed by atoms with Crippen LogP contribution in [-0.2, 0) is 6.54 Å². The van der Waals surface area contributed by atoms with E-state index in [0.29, 0.717) is 11.7 Å². The van der Waals surface area contributed by atoms with E-state index < -0.39 is 0 Å². The van der Waals surface area contributed by atoms with Gasteiger partial charge in [-0.15, -0.1) is 11.3 Å². The molecule has 0 aromatic carbocycles. The van der Waals surface area contributed by atoms with Crippen molar-refractivity contribution in [2.45, 2.75) is 6.54 Å². The van der Waals surface area contributed by atoms with Crippen molar-refractivity contribution in [2.75, 3.05) is 11.1 Å². The summed E-state index contributed by atoms with van der Waals surface area (Å²) >= 11 is 10.8. The Morgan fingerprint density at radius 2 is 2.38 bits per heavy atom. The molecule has 3 nitrogen and oxygen atoms in total. The van der Waals surface area contributed by atoms with Crippen LogP contribution in [-0.4, -0.2) is 4.98 Å². The highest BCUT2D eigenvalue weighted by molar-refractivity contribution is 9.10. The van der Waals surface area contributed by atoms with Crippen LogP contribution in [0.15, 0.2) is 28.2 Å². The van der Waals surface area contributed by atoms with Crippen LogP contribution in [0.3, 0.4) is 0 Å². The van der Waals surface area contributed by atoms with Crippen LogP contribution in [0.5, 0.6) is 0 Å². The number of nitrogens with one attached hydrogen (secondary N) is 1. The molecule has 0 radical (unpaired) electrons. The second-order valence-corrected chi connectivity index (χ2v) is 5.36. The van der Waals surface area contributed by atoms with Gasteiger partial charge in [-0.3, -0.25) is 0 Å². The van der Waals surface area contributed by atoms with Crippen molar-refractivity contribution in [1.29, 1.82) is 0 Å². The Morgan fingerprint density at radius 3 is 3.00 bits per heavy atom. The standard InChI is InChI=1S/C10H9BrClN3S/c11-7-3-6(4-15-10(7)12)14-5-9-8(13)1-2-16-9/h1-4,14H,5,13H2. The molecule has 0 unspecified atom stereocenters. The fraction of sp³-hybridized carbons (Fsp3) is 0.100. The molecule has 0 amide bonds. The SMILES string of the molecule is Nc1ccsc1CNc1cnc(Cl)c(Br)c1. The smallest absolute Gasteiger partial charge is 0.143 e. The summed E-state index contributed by atoms with van der Waals surface area (Å²) in [6.07, 6.45) is 1.69. The van der Waals surface area contributed by atoms with Gasteiger partial charge in [-0.1, -0.05) is 11.6 Å². The van der Waals surface area contributed by atoms with E-state index in [2.05, 4.69) is 26.2 Å². The zero-order chi connectivity index (χ0) is 11.5. The Morgan fingerprint density at radius 1 is 1.56 bits per heavy atom. The summed E-state index contributed by atoms with van der Waals surface area (Å²) in [5.41, 5.74) is 7.51. The zero-order valence-corrected chi connectivity index (χ0v) is 11.4. The van der Waals surface area contributed by atoms with Gasteiger partial charge >= 0.3 is 0 Å². The topological polar surface area (TPSA) is 50.9 Å². The molecular weight excluding hydrogens is 310 g/mol. The lowest BCUT2D eigenvalue weighted by Gasteiger charge is -2.06. The predicted octanol–water partition coefficient (Wildman–Crippen LogP) is 3.75. The van der Waals surface area contributed by atoms with Crippen molar-refractivity contribution in [3.05, 3.63) is 38.2 Å². The van der Waals surface area contributed by atoms with Gasteiger partial charge in [0.05, 0.1) is 22.9 Å². The molecule has 0 aliphatic carbocycles. The van der Waals surface area contributed by atoms with E-state index in [4.69, 9.17) is 17.3 Å². The minimum atomic E-state index is 0.459. The molecule has 6 heteroatoms. The lowest BCUT2D eigenvalue weighted by atomic mass is 10.3. The molecule has 0 aliphatic heterocycles. The van der Waals surface area contributed by atoms with Gasteiger partial charge in [0.15, 0.2) is 0 Å². The van der Waals surface area contributed by atoms with Crippen LogP contribution in [0.1, 0.15) is 4.88 Å². The molecule has 2 heterocycles. The van der Waals surface area contributed by atoms with E-state index in [9.17, 15) is 0 Å². The number of nitrogen functional groups attached to an aromatic ring is 1. The summed E-state index contributed by atoms with van der Waals surface area (Å²) in [4.78, 5) is 5.15. The molecule has 0 spiro atoms. The van der Waals surface area contributed by atoms with Gasteiger partial charge in [0.1, 0.15) is 5.15 Å². The number of halogens is 2. The summed E-state index contributed by atoms with van der Waals surface area (Å²) in [6, 6.07) is 3.79. The third-order valence-electron chi connectivity index (χ3n) is 2.03. The maximum Gasteiger partial charge on any atom is 0.143 e. The predicted molar refractivity (Wildman–Crippen MR) is 73.0 cm³/mol. The van der Waals surface area contributed by atoms with E-state index >= 15 is 0 Å². The van der Waals surface area contributed by atoms with Crippen LogP contribution in [0.25, 0.3) is 0 Å². The molecular formula is C10H9BrClN3S. The number of anilines is 2. The van der Waals surface area contributed by atoms with Crippen molar-refractivity contribution in [2.24, 2.45) is 0 Å². The van der Waals surface area contributed by atoms with Gasteiger partial charge in [-0.2, -0.15) is 0 Å². The molecule has 0 bridgehead atoms. The first kappa shape index (κ1) is 11.7. The third-order valence-corrected chi connectivity index (χ3v) is 4.10. The molecule has 0 atom stereocenters. The first-order valence-corrected chi connectivity index (χ1v) is 6.58. The number of nitrogens with zero attached hydrogens (tertiary/aromatic N) is 1. The van der Waals surface area contributed by atoms with Gasteiger partial charge in [0.25, 0.3) is 0 Å². The minimum Gasteiger partial charge on any atom is -0.398 e. The van der Waals surface area contributed by atoms with Gasteiger partial charge in [0, 0.05) is 10.6 Å². The molecule has 3 N–H and O–H groups in total. The number of nitrogens with two attached hydrogens (primary N) is 1. The Hall–Kier alpha value is -0.780. The van der Waals surface area contributed by atoms with Crippen molar-refractivity contribution in [3.8, 4) is 0 Å². The molecule has 0 fully saturated rings. The van der Waals surface area contributed by atoms with E-state index in [-0.39, 0.29) is 0 Å². The normalized spacial score (nSPS) is 10.4. The zero-order valence-electron chi connectivity index (χ0n) is 8.21. The van der Waals surface area contributed by atoms with Gasteiger partial charge in [-0.25, -0.2) is 4.98 Å². The highest BCUT2D eigenvalue weighted by Crippen LogP contribution is 2.24. The van der Waals surface area contributed by atoms with Crippen LogP contribution < -0.4 is 11.1 Å². The highest BCUT2D eigenvalue weighted by atomic mass is 79.9. The fourth-order valence-electron chi connectivity index (χ4n) is 1.19. The number of hydrogen-bond donors (Lipinski definition) is 2. The van der Waals surface area contributed by atoms with E-state index in [0.717, 1.165) is 20.7 Å². The summed E-state index contributed by atoms with van der Waals surface area (Å²) in [7, 11) is 0. The quantitative estimate of drug-likeness (QED) is 0.847. The van der Waals surface area contributed by atoms with Crippen molar-refractivity contribution in [1.82, 2.24) is 4.98 Å². The molecule has 0 aliphatic rings. The number of thiophene rings is 1. The van der Waals surface area contributed by atoms with E-state index in [1.54, 1.807) is 17.5 Å². The molecule has 0 saturated heterocycles. The lowest BCUT2D eigenvalue weighted by molar-refractivity contribution is 1.17. The van der Waals surface area contributed by atoms with Crippen LogP contribution in [0.2, 0.25) is 5.15 Å². The van der Waals surface area contributed by atoms with Crippen LogP contribution >= 0.6 is 38.9 Å². The average molecular weight is 319 g/mol. The minimum absolute atomic E-state index is 0.459. The Kier molecular flexibility index (Phi) is 3.68. The Labute approximate surface area is 111 Å². The van der Waals surface area contributed by atoms with Crippen LogP contribution in [0, 0.1) is 0 Å². The second-order valence-electron chi connectivity index (χ2n) is 3.15. The summed E-state index contributed by atoms with van der Waals surface area (Å²) in [5, 5.41) is 5.67. The maximum absolute atomic E-state index is 5.80. The first-order valence-electron chi connectivity index (χ1n) is 4.53. The maximum atomic E-state index is 5.80. The van der Waals surface area contributed by atoms with Gasteiger partial charge in [0.2, 0.25) is 0 Å². The summed E-state index contributed by atoms with van der Waals surface area (Å²) in [5.74, 6) is 0. The third kappa shape index (κ3) is 2.66. The molecule has 0 saturated carbocycles. The van der Waals surface area contributed by atoms with Gasteiger partial charge in [-0.05, 0) is 33.4 Å². The van der Waals surface area contributed by atoms with E-state index in [1.165, 1.54) is 0 Å². The molecule has 2 aromatic heterocycles. The number of hydrogen-bond acceptors (Lipinski definition) is 4.